The molecule has 0 amide bonds. The molecule has 1 fully saturated rings. The van der Waals surface area contributed by atoms with Crippen LogP contribution in [0, 0.1) is 11.3 Å². The molecule has 0 aromatic carbocycles. The minimum atomic E-state index is 0.357. The molecule has 1 aliphatic carbocycles. The number of guanidine groups is 1. The first-order valence-electron chi connectivity index (χ1n) is 6.23. The molecule has 3 nitrogen and oxygen atoms in total. The summed E-state index contributed by atoms with van der Waals surface area (Å²) in [6.45, 7) is 5.63. The van der Waals surface area contributed by atoms with Gasteiger partial charge in [0.1, 0.15) is 0 Å². The van der Waals surface area contributed by atoms with E-state index in [1.165, 1.54) is 19.3 Å². The topological polar surface area (TPSA) is 18.8 Å². The van der Waals surface area contributed by atoms with Gasteiger partial charge in [-0.2, -0.15) is 0 Å². The summed E-state index contributed by atoms with van der Waals surface area (Å²) >= 11 is 0. The summed E-state index contributed by atoms with van der Waals surface area (Å²) in [6, 6.07) is 0. The van der Waals surface area contributed by atoms with Crippen LogP contribution in [0.5, 0.6) is 0 Å². The molecule has 0 spiro atoms. The molecule has 1 saturated carbocycles. The van der Waals surface area contributed by atoms with E-state index in [-0.39, 0.29) is 0 Å². The van der Waals surface area contributed by atoms with E-state index in [1.54, 1.807) is 0 Å². The van der Waals surface area contributed by atoms with Crippen LogP contribution in [0.1, 0.15) is 33.1 Å². The lowest BCUT2D eigenvalue weighted by atomic mass is 9.67. The highest BCUT2D eigenvalue weighted by Gasteiger charge is 2.33. The van der Waals surface area contributed by atoms with Gasteiger partial charge in [0.15, 0.2) is 5.96 Å². The molecule has 0 heterocycles. The summed E-state index contributed by atoms with van der Waals surface area (Å²) in [5, 5.41) is 0. The van der Waals surface area contributed by atoms with Gasteiger partial charge >= 0.3 is 0 Å². The van der Waals surface area contributed by atoms with Gasteiger partial charge in [-0.05, 0) is 24.2 Å². The van der Waals surface area contributed by atoms with Crippen LogP contribution < -0.4 is 0 Å². The molecule has 0 saturated heterocycles. The van der Waals surface area contributed by atoms with Crippen molar-refractivity contribution in [1.29, 1.82) is 0 Å². The third kappa shape index (κ3) is 3.13. The average molecular weight is 225 g/mol. The van der Waals surface area contributed by atoms with Crippen molar-refractivity contribution in [1.82, 2.24) is 9.80 Å². The molecular formula is C13H27N3. The summed E-state index contributed by atoms with van der Waals surface area (Å²) in [5.41, 5.74) is 0.357. The van der Waals surface area contributed by atoms with Crippen LogP contribution in [-0.4, -0.2) is 50.5 Å². The van der Waals surface area contributed by atoms with Crippen molar-refractivity contribution < 1.29 is 0 Å². The average Bonchev–Trinajstić information content (AvgIpc) is 1.97. The summed E-state index contributed by atoms with van der Waals surface area (Å²) < 4.78 is 0. The first-order valence-corrected chi connectivity index (χ1v) is 6.23. The van der Waals surface area contributed by atoms with Crippen molar-refractivity contribution in [3.8, 4) is 0 Å². The second-order valence-corrected chi connectivity index (χ2v) is 6.02. The van der Waals surface area contributed by atoms with E-state index in [9.17, 15) is 0 Å². The fourth-order valence-electron chi connectivity index (χ4n) is 2.28. The quantitative estimate of drug-likeness (QED) is 0.542. The predicted molar refractivity (Wildman–Crippen MR) is 70.8 cm³/mol. The van der Waals surface area contributed by atoms with Gasteiger partial charge in [-0.25, -0.2) is 0 Å². The number of rotatable bonds is 3. The Morgan fingerprint density at radius 2 is 1.62 bits per heavy atom. The van der Waals surface area contributed by atoms with Crippen molar-refractivity contribution >= 4 is 5.96 Å². The van der Waals surface area contributed by atoms with E-state index in [0.29, 0.717) is 5.41 Å². The monoisotopic (exact) mass is 225 g/mol. The van der Waals surface area contributed by atoms with Gasteiger partial charge in [-0.15, -0.1) is 0 Å². The highest BCUT2D eigenvalue weighted by Crippen LogP contribution is 2.41. The van der Waals surface area contributed by atoms with Gasteiger partial charge in [-0.1, -0.05) is 20.3 Å². The Bertz CT molecular complexity index is 240. The highest BCUT2D eigenvalue weighted by atomic mass is 15.3. The molecule has 0 N–H and O–H groups in total. The molecule has 0 aliphatic heterocycles. The molecule has 0 aromatic rings. The second kappa shape index (κ2) is 5.07. The predicted octanol–water partition coefficient (Wildman–Crippen LogP) is 2.29. The van der Waals surface area contributed by atoms with Crippen molar-refractivity contribution in [3.05, 3.63) is 0 Å². The highest BCUT2D eigenvalue weighted by molar-refractivity contribution is 5.79. The number of hydrogen-bond acceptors (Lipinski definition) is 1. The Balaban J connectivity index is 2.61. The van der Waals surface area contributed by atoms with E-state index >= 15 is 0 Å². The maximum absolute atomic E-state index is 4.77. The zero-order valence-electron chi connectivity index (χ0n) is 11.7. The normalized spacial score (nSPS) is 16.6. The Morgan fingerprint density at radius 3 is 1.94 bits per heavy atom. The van der Waals surface area contributed by atoms with Gasteiger partial charge in [-0.3, -0.25) is 4.99 Å². The van der Waals surface area contributed by atoms with Gasteiger partial charge in [0.25, 0.3) is 0 Å². The summed E-state index contributed by atoms with van der Waals surface area (Å²) in [5.74, 6) is 1.94. The molecule has 94 valence electrons. The summed E-state index contributed by atoms with van der Waals surface area (Å²) in [7, 11) is 8.20. The third-order valence-electron chi connectivity index (χ3n) is 3.64. The SMILES string of the molecule is CN(C)C(=NCC(C)(C)C1CCC1)N(C)C. The van der Waals surface area contributed by atoms with Crippen LogP contribution in [0.15, 0.2) is 4.99 Å². The van der Waals surface area contributed by atoms with Gasteiger partial charge in [0.05, 0.1) is 0 Å². The van der Waals surface area contributed by atoms with E-state index in [4.69, 9.17) is 4.99 Å². The maximum Gasteiger partial charge on any atom is 0.195 e. The van der Waals surface area contributed by atoms with E-state index < -0.39 is 0 Å². The van der Waals surface area contributed by atoms with E-state index in [1.807, 2.05) is 0 Å². The van der Waals surface area contributed by atoms with Gasteiger partial charge < -0.3 is 9.80 Å². The standard InChI is InChI=1S/C13H27N3/c1-13(2,11-8-7-9-11)10-14-12(15(3)4)16(5)6/h11H,7-10H2,1-6H3. The Morgan fingerprint density at radius 1 is 1.12 bits per heavy atom. The fraction of sp³-hybridized carbons (Fsp3) is 0.923. The lowest BCUT2D eigenvalue weighted by Gasteiger charge is -2.39. The lowest BCUT2D eigenvalue weighted by Crippen LogP contribution is -2.38. The fourth-order valence-corrected chi connectivity index (χ4v) is 2.28. The molecule has 1 rings (SSSR count). The second-order valence-electron chi connectivity index (χ2n) is 6.02. The van der Waals surface area contributed by atoms with Crippen molar-refractivity contribution in [2.45, 2.75) is 33.1 Å². The van der Waals surface area contributed by atoms with E-state index in [0.717, 1.165) is 18.4 Å². The molecule has 0 radical (unpaired) electrons. The largest absolute Gasteiger partial charge is 0.349 e. The number of nitrogens with zero attached hydrogens (tertiary/aromatic N) is 3. The van der Waals surface area contributed by atoms with Crippen LogP contribution in [0.4, 0.5) is 0 Å². The van der Waals surface area contributed by atoms with Gasteiger partial charge in [0, 0.05) is 34.7 Å². The smallest absolute Gasteiger partial charge is 0.195 e. The van der Waals surface area contributed by atoms with Crippen LogP contribution >= 0.6 is 0 Å². The van der Waals surface area contributed by atoms with Gasteiger partial charge in [0.2, 0.25) is 0 Å². The van der Waals surface area contributed by atoms with Crippen LogP contribution in [0.25, 0.3) is 0 Å². The Kier molecular flexibility index (Phi) is 4.22. The van der Waals surface area contributed by atoms with Crippen LogP contribution in [0.2, 0.25) is 0 Å². The van der Waals surface area contributed by atoms with Crippen LogP contribution in [0.3, 0.4) is 0 Å². The van der Waals surface area contributed by atoms with E-state index in [2.05, 4.69) is 51.8 Å². The van der Waals surface area contributed by atoms with Crippen LogP contribution in [-0.2, 0) is 0 Å². The zero-order chi connectivity index (χ0) is 12.3. The first kappa shape index (κ1) is 13.3. The third-order valence-corrected chi connectivity index (χ3v) is 3.64. The van der Waals surface area contributed by atoms with Crippen molar-refractivity contribution in [2.75, 3.05) is 34.7 Å². The first-order chi connectivity index (χ1) is 7.34. The zero-order valence-corrected chi connectivity index (χ0v) is 11.7. The molecule has 0 aromatic heterocycles. The maximum atomic E-state index is 4.77. The Labute approximate surface area is 101 Å². The minimum Gasteiger partial charge on any atom is -0.349 e. The number of aliphatic imine (C=N–C) groups is 1. The summed E-state index contributed by atoms with van der Waals surface area (Å²) in [6.07, 6.45) is 4.19. The van der Waals surface area contributed by atoms with Crippen molar-refractivity contribution in [3.63, 3.8) is 0 Å². The summed E-state index contributed by atoms with van der Waals surface area (Å²) in [4.78, 5) is 8.93. The number of hydrogen-bond donors (Lipinski definition) is 0. The molecule has 16 heavy (non-hydrogen) atoms. The van der Waals surface area contributed by atoms with Crippen molar-refractivity contribution in [2.24, 2.45) is 16.3 Å². The minimum absolute atomic E-state index is 0.357. The lowest BCUT2D eigenvalue weighted by molar-refractivity contribution is 0.129. The molecule has 0 unspecified atom stereocenters. The molecule has 1 aliphatic rings. The Hall–Kier alpha value is -0.730. The molecular weight excluding hydrogens is 198 g/mol. The molecule has 3 heteroatoms. The molecule has 0 bridgehead atoms. The molecule has 0 atom stereocenters.